The van der Waals surface area contributed by atoms with Crippen LogP contribution < -0.4 is 0 Å². The highest BCUT2D eigenvalue weighted by Gasteiger charge is 2.20. The van der Waals surface area contributed by atoms with Gasteiger partial charge in [0.25, 0.3) is 6.43 Å². The summed E-state index contributed by atoms with van der Waals surface area (Å²) in [6.45, 7) is 2.14. The van der Waals surface area contributed by atoms with E-state index in [1.165, 1.54) is 17.8 Å². The lowest BCUT2D eigenvalue weighted by atomic mass is 9.88. The van der Waals surface area contributed by atoms with Crippen molar-refractivity contribution in [3.8, 4) is 11.1 Å². The maximum Gasteiger partial charge on any atom is 0.265 e. The number of pyridine rings is 1. The fourth-order valence-electron chi connectivity index (χ4n) is 4.61. The Morgan fingerprint density at radius 2 is 1.86 bits per heavy atom. The lowest BCUT2D eigenvalue weighted by molar-refractivity contribution is 0.0990. The van der Waals surface area contributed by atoms with E-state index in [2.05, 4.69) is 33.0 Å². The molecule has 1 aliphatic rings. The van der Waals surface area contributed by atoms with Crippen LogP contribution in [0.5, 0.6) is 0 Å². The largest absolute Gasteiger partial charge is 0.306 e. The standard InChI is InChI=1S/C28H26F2N4O/c1-34-9-7-18(8-10-34)19-3-2-4-21(11-19)26(35)14-27-32-17-22-6-5-20(13-25(22)33-27)23-12-24(28(29)30)16-31-15-23/h2-6,11-13,15-18,28H,7-10,14H2,1H3. The van der Waals surface area contributed by atoms with Crippen LogP contribution in [0.3, 0.4) is 0 Å². The molecule has 3 heterocycles. The van der Waals surface area contributed by atoms with Gasteiger partial charge in [0.1, 0.15) is 5.82 Å². The molecule has 7 heteroatoms. The molecule has 1 fully saturated rings. The normalized spacial score (nSPS) is 15.1. The molecule has 1 saturated heterocycles. The van der Waals surface area contributed by atoms with Gasteiger partial charge in [-0.1, -0.05) is 30.3 Å². The summed E-state index contributed by atoms with van der Waals surface area (Å²) in [6, 6.07) is 14.9. The minimum Gasteiger partial charge on any atom is -0.306 e. The van der Waals surface area contributed by atoms with E-state index < -0.39 is 6.43 Å². The predicted octanol–water partition coefficient (Wildman–Crippen LogP) is 5.86. The Balaban J connectivity index is 1.36. The molecule has 2 aromatic heterocycles. The third kappa shape index (κ3) is 5.25. The maximum atomic E-state index is 13.1. The van der Waals surface area contributed by atoms with Crippen molar-refractivity contribution >= 4 is 16.7 Å². The van der Waals surface area contributed by atoms with Gasteiger partial charge in [0, 0.05) is 40.7 Å². The molecular weight excluding hydrogens is 446 g/mol. The van der Waals surface area contributed by atoms with Crippen LogP contribution in [0.15, 0.2) is 67.1 Å². The van der Waals surface area contributed by atoms with Crippen LogP contribution in [-0.4, -0.2) is 45.8 Å². The Kier molecular flexibility index (Phi) is 6.59. The van der Waals surface area contributed by atoms with Gasteiger partial charge in [0.2, 0.25) is 0 Å². The first kappa shape index (κ1) is 23.2. The molecule has 0 bridgehead atoms. The molecule has 35 heavy (non-hydrogen) atoms. The summed E-state index contributed by atoms with van der Waals surface area (Å²) in [5, 5.41) is 0.812. The molecule has 0 aliphatic carbocycles. The molecule has 5 nitrogen and oxygen atoms in total. The molecule has 4 aromatic rings. The first-order valence-electron chi connectivity index (χ1n) is 11.8. The van der Waals surface area contributed by atoms with Crippen LogP contribution in [0.25, 0.3) is 22.0 Å². The van der Waals surface area contributed by atoms with Gasteiger partial charge in [-0.15, -0.1) is 0 Å². The fourth-order valence-corrected chi connectivity index (χ4v) is 4.61. The van der Waals surface area contributed by atoms with Gasteiger partial charge in [0.15, 0.2) is 5.78 Å². The molecule has 2 aromatic carbocycles. The Hall–Kier alpha value is -3.58. The van der Waals surface area contributed by atoms with E-state index in [4.69, 9.17) is 0 Å². The number of hydrogen-bond acceptors (Lipinski definition) is 5. The molecule has 0 radical (unpaired) electrons. The summed E-state index contributed by atoms with van der Waals surface area (Å²) in [7, 11) is 2.14. The fraction of sp³-hybridized carbons (Fsp3) is 0.286. The Morgan fingerprint density at radius 1 is 1.03 bits per heavy atom. The predicted molar refractivity (Wildman–Crippen MR) is 132 cm³/mol. The van der Waals surface area contributed by atoms with Crippen molar-refractivity contribution in [3.63, 3.8) is 0 Å². The molecule has 0 N–H and O–H groups in total. The number of benzene rings is 2. The van der Waals surface area contributed by atoms with E-state index in [9.17, 15) is 13.6 Å². The molecule has 0 atom stereocenters. The second-order valence-corrected chi connectivity index (χ2v) is 9.17. The number of piperidine rings is 1. The van der Waals surface area contributed by atoms with Crippen molar-refractivity contribution in [3.05, 3.63) is 89.6 Å². The van der Waals surface area contributed by atoms with E-state index >= 15 is 0 Å². The van der Waals surface area contributed by atoms with Gasteiger partial charge < -0.3 is 4.90 Å². The van der Waals surface area contributed by atoms with Gasteiger partial charge in [-0.05, 0) is 68.2 Å². The first-order valence-corrected chi connectivity index (χ1v) is 11.8. The minimum atomic E-state index is -2.58. The van der Waals surface area contributed by atoms with E-state index in [-0.39, 0.29) is 17.8 Å². The van der Waals surface area contributed by atoms with Crippen LogP contribution in [0.2, 0.25) is 0 Å². The van der Waals surface area contributed by atoms with E-state index in [1.807, 2.05) is 36.4 Å². The summed E-state index contributed by atoms with van der Waals surface area (Å²) < 4.78 is 26.2. The number of likely N-dealkylation sites (tertiary alicyclic amines) is 1. The van der Waals surface area contributed by atoms with E-state index in [1.54, 1.807) is 12.4 Å². The van der Waals surface area contributed by atoms with Crippen LogP contribution in [0, 0.1) is 0 Å². The monoisotopic (exact) mass is 472 g/mol. The zero-order valence-electron chi connectivity index (χ0n) is 19.5. The Bertz CT molecular complexity index is 1370. The van der Waals surface area contributed by atoms with Crippen LogP contribution in [0.4, 0.5) is 8.78 Å². The molecular formula is C28H26F2N4O. The van der Waals surface area contributed by atoms with Crippen molar-refractivity contribution in [1.82, 2.24) is 19.9 Å². The Labute approximate surface area is 202 Å². The lowest BCUT2D eigenvalue weighted by Gasteiger charge is -2.29. The highest BCUT2D eigenvalue weighted by Crippen LogP contribution is 2.29. The molecule has 0 unspecified atom stereocenters. The number of ketones is 1. The Morgan fingerprint density at radius 3 is 2.66 bits per heavy atom. The van der Waals surface area contributed by atoms with Gasteiger partial charge in [-0.25, -0.2) is 18.7 Å². The van der Waals surface area contributed by atoms with Gasteiger partial charge in [0.05, 0.1) is 11.9 Å². The zero-order chi connectivity index (χ0) is 24.4. The summed E-state index contributed by atoms with van der Waals surface area (Å²) in [5.41, 5.74) is 3.74. The SMILES string of the molecule is CN1CCC(c2cccc(C(=O)Cc3ncc4ccc(-c5cncc(C(F)F)c5)cc4n3)c2)CC1. The van der Waals surface area contributed by atoms with Crippen molar-refractivity contribution < 1.29 is 13.6 Å². The van der Waals surface area contributed by atoms with Crippen molar-refractivity contribution in [1.29, 1.82) is 0 Å². The summed E-state index contributed by atoms with van der Waals surface area (Å²) in [5.74, 6) is 0.889. The van der Waals surface area contributed by atoms with Gasteiger partial charge >= 0.3 is 0 Å². The smallest absolute Gasteiger partial charge is 0.265 e. The molecule has 5 rings (SSSR count). The number of hydrogen-bond donors (Lipinski definition) is 0. The van der Waals surface area contributed by atoms with Crippen LogP contribution in [0.1, 0.15) is 52.5 Å². The summed E-state index contributed by atoms with van der Waals surface area (Å²) in [6.07, 6.45) is 4.12. The quantitative estimate of drug-likeness (QED) is 0.329. The number of nitrogens with zero attached hydrogens (tertiary/aromatic N) is 4. The van der Waals surface area contributed by atoms with Gasteiger partial charge in [-0.3, -0.25) is 9.78 Å². The topological polar surface area (TPSA) is 59.0 Å². The van der Waals surface area contributed by atoms with Crippen LogP contribution in [-0.2, 0) is 6.42 Å². The average Bonchev–Trinajstić information content (AvgIpc) is 2.89. The first-order chi connectivity index (χ1) is 17.0. The summed E-state index contributed by atoms with van der Waals surface area (Å²) >= 11 is 0. The number of halogens is 2. The second kappa shape index (κ2) is 9.96. The van der Waals surface area contributed by atoms with E-state index in [0.717, 1.165) is 36.9 Å². The second-order valence-electron chi connectivity index (χ2n) is 9.17. The number of rotatable bonds is 6. The molecule has 0 spiro atoms. The van der Waals surface area contributed by atoms with Crippen molar-refractivity contribution in [2.24, 2.45) is 0 Å². The molecule has 0 saturated carbocycles. The number of carbonyl (C=O) groups excluding carboxylic acids is 1. The molecule has 178 valence electrons. The number of alkyl halides is 2. The number of fused-ring (bicyclic) bond motifs is 1. The molecule has 0 amide bonds. The zero-order valence-corrected chi connectivity index (χ0v) is 19.5. The average molecular weight is 473 g/mol. The summed E-state index contributed by atoms with van der Waals surface area (Å²) in [4.78, 5) is 28.3. The van der Waals surface area contributed by atoms with E-state index in [0.29, 0.717) is 28.4 Å². The molecule has 1 aliphatic heterocycles. The lowest BCUT2D eigenvalue weighted by Crippen LogP contribution is -2.29. The highest BCUT2D eigenvalue weighted by atomic mass is 19.3. The van der Waals surface area contributed by atoms with Crippen molar-refractivity contribution in [2.75, 3.05) is 20.1 Å². The third-order valence-corrected chi connectivity index (χ3v) is 6.69. The maximum absolute atomic E-state index is 13.1. The van der Waals surface area contributed by atoms with Crippen LogP contribution >= 0.6 is 0 Å². The van der Waals surface area contributed by atoms with Gasteiger partial charge in [-0.2, -0.15) is 0 Å². The third-order valence-electron chi connectivity index (χ3n) is 6.69. The van der Waals surface area contributed by atoms with Crippen molar-refractivity contribution in [2.45, 2.75) is 31.6 Å². The number of carbonyl (C=O) groups is 1. The minimum absolute atomic E-state index is 0.0240. The number of aromatic nitrogens is 3. The number of Topliss-reactive ketones (excluding diaryl/α,β-unsaturated/α-hetero) is 1. The highest BCUT2D eigenvalue weighted by molar-refractivity contribution is 5.97.